The van der Waals surface area contributed by atoms with Crippen LogP contribution in [0.25, 0.3) is 0 Å². The van der Waals surface area contributed by atoms with Gasteiger partial charge in [-0.3, -0.25) is 9.59 Å². The molecule has 5 heteroatoms. The van der Waals surface area contributed by atoms with Gasteiger partial charge < -0.3 is 15.0 Å². The fraction of sp³-hybridized carbons (Fsp3) is 0.440. The minimum absolute atomic E-state index is 0.00936. The van der Waals surface area contributed by atoms with Crippen LogP contribution in [-0.2, 0) is 22.6 Å². The molecule has 0 aliphatic heterocycles. The first kappa shape index (κ1) is 23.5. The largest absolute Gasteiger partial charge is 0.497 e. The lowest BCUT2D eigenvalue weighted by Gasteiger charge is -2.31. The first-order valence-electron chi connectivity index (χ1n) is 10.7. The van der Waals surface area contributed by atoms with Crippen LogP contribution in [0.4, 0.5) is 0 Å². The Morgan fingerprint density at radius 1 is 1.00 bits per heavy atom. The summed E-state index contributed by atoms with van der Waals surface area (Å²) in [6.07, 6.45) is 2.46. The Morgan fingerprint density at radius 2 is 1.63 bits per heavy atom. The maximum absolute atomic E-state index is 13.2. The Labute approximate surface area is 180 Å². The standard InChI is InChI=1S/C25H34N2O3/c1-5-17-26-25(29)23(6-2)27(18-21-11-14-22(30-4)15-12-21)24(28)16-13-20-9-7-19(3)8-10-20/h7-12,14-15,23H,5-6,13,16-18H2,1-4H3,(H,26,29)/t23-/m1/s1. The van der Waals surface area contributed by atoms with Gasteiger partial charge in [-0.1, -0.05) is 55.8 Å². The topological polar surface area (TPSA) is 58.6 Å². The van der Waals surface area contributed by atoms with E-state index in [9.17, 15) is 9.59 Å². The van der Waals surface area contributed by atoms with Crippen LogP contribution in [0.15, 0.2) is 48.5 Å². The van der Waals surface area contributed by atoms with Crippen molar-refractivity contribution < 1.29 is 14.3 Å². The number of aryl methyl sites for hydroxylation is 2. The van der Waals surface area contributed by atoms with Gasteiger partial charge in [0.15, 0.2) is 0 Å². The molecule has 0 aromatic heterocycles. The summed E-state index contributed by atoms with van der Waals surface area (Å²) in [5, 5.41) is 2.95. The minimum Gasteiger partial charge on any atom is -0.497 e. The smallest absolute Gasteiger partial charge is 0.242 e. The molecule has 5 nitrogen and oxygen atoms in total. The second kappa shape index (κ2) is 12.0. The molecule has 2 aromatic carbocycles. The number of amides is 2. The van der Waals surface area contributed by atoms with Gasteiger partial charge in [0.05, 0.1) is 7.11 Å². The summed E-state index contributed by atoms with van der Waals surface area (Å²) in [5.41, 5.74) is 3.30. The molecule has 0 aliphatic rings. The zero-order valence-electron chi connectivity index (χ0n) is 18.6. The Hall–Kier alpha value is -2.82. The molecule has 2 amide bonds. The summed E-state index contributed by atoms with van der Waals surface area (Å²) in [6, 6.07) is 15.4. The highest BCUT2D eigenvalue weighted by molar-refractivity contribution is 5.87. The van der Waals surface area contributed by atoms with Crippen LogP contribution in [0.2, 0.25) is 0 Å². The number of benzene rings is 2. The number of hydrogen-bond donors (Lipinski definition) is 1. The average Bonchev–Trinajstić information content (AvgIpc) is 2.77. The van der Waals surface area contributed by atoms with Crippen LogP contribution in [0.3, 0.4) is 0 Å². The van der Waals surface area contributed by atoms with E-state index in [0.717, 1.165) is 23.3 Å². The quantitative estimate of drug-likeness (QED) is 0.602. The minimum atomic E-state index is -0.482. The number of carbonyl (C=O) groups excluding carboxylic acids is 2. The highest BCUT2D eigenvalue weighted by atomic mass is 16.5. The molecule has 0 radical (unpaired) electrons. The molecule has 0 unspecified atom stereocenters. The van der Waals surface area contributed by atoms with Gasteiger partial charge >= 0.3 is 0 Å². The molecule has 0 heterocycles. The molecule has 30 heavy (non-hydrogen) atoms. The molecule has 0 saturated carbocycles. The van der Waals surface area contributed by atoms with Crippen molar-refractivity contribution in [3.8, 4) is 5.75 Å². The normalized spacial score (nSPS) is 11.6. The molecule has 0 bridgehead atoms. The maximum atomic E-state index is 13.2. The Balaban J connectivity index is 2.17. The lowest BCUT2D eigenvalue weighted by molar-refractivity contribution is -0.141. The summed E-state index contributed by atoms with van der Waals surface area (Å²) >= 11 is 0. The first-order chi connectivity index (χ1) is 14.5. The number of rotatable bonds is 11. The summed E-state index contributed by atoms with van der Waals surface area (Å²) in [4.78, 5) is 27.7. The molecule has 1 atom stereocenters. The number of methoxy groups -OCH3 is 1. The van der Waals surface area contributed by atoms with E-state index in [0.29, 0.717) is 32.4 Å². The Morgan fingerprint density at radius 3 is 2.20 bits per heavy atom. The zero-order valence-corrected chi connectivity index (χ0v) is 18.6. The second-order valence-corrected chi connectivity index (χ2v) is 7.57. The fourth-order valence-corrected chi connectivity index (χ4v) is 3.36. The van der Waals surface area contributed by atoms with E-state index in [4.69, 9.17) is 4.74 Å². The molecular formula is C25H34N2O3. The fourth-order valence-electron chi connectivity index (χ4n) is 3.36. The Bertz CT molecular complexity index is 800. The second-order valence-electron chi connectivity index (χ2n) is 7.57. The number of hydrogen-bond acceptors (Lipinski definition) is 3. The van der Waals surface area contributed by atoms with Gasteiger partial charge in [-0.05, 0) is 49.4 Å². The van der Waals surface area contributed by atoms with Crippen LogP contribution in [0.5, 0.6) is 5.75 Å². The SMILES string of the molecule is CCCNC(=O)[C@@H](CC)N(Cc1ccc(OC)cc1)C(=O)CCc1ccc(C)cc1. The summed E-state index contributed by atoms with van der Waals surface area (Å²) in [7, 11) is 1.63. The van der Waals surface area contributed by atoms with Crippen LogP contribution < -0.4 is 10.1 Å². The zero-order chi connectivity index (χ0) is 21.9. The van der Waals surface area contributed by atoms with Gasteiger partial charge in [0.25, 0.3) is 0 Å². The third-order valence-electron chi connectivity index (χ3n) is 5.20. The van der Waals surface area contributed by atoms with Crippen molar-refractivity contribution >= 4 is 11.8 Å². The maximum Gasteiger partial charge on any atom is 0.242 e. The van der Waals surface area contributed by atoms with Crippen LogP contribution in [0, 0.1) is 6.92 Å². The predicted octanol–water partition coefficient (Wildman–Crippen LogP) is 4.27. The van der Waals surface area contributed by atoms with Crippen molar-refractivity contribution in [1.82, 2.24) is 10.2 Å². The van der Waals surface area contributed by atoms with Crippen molar-refractivity contribution in [2.45, 2.75) is 59.0 Å². The molecule has 0 spiro atoms. The lowest BCUT2D eigenvalue weighted by atomic mass is 10.0. The van der Waals surface area contributed by atoms with Crippen molar-refractivity contribution in [3.05, 3.63) is 65.2 Å². The molecule has 0 aliphatic carbocycles. The number of ether oxygens (including phenoxy) is 1. The van der Waals surface area contributed by atoms with E-state index >= 15 is 0 Å². The van der Waals surface area contributed by atoms with Gasteiger partial charge in [0.1, 0.15) is 11.8 Å². The van der Waals surface area contributed by atoms with E-state index < -0.39 is 6.04 Å². The van der Waals surface area contributed by atoms with Gasteiger partial charge in [0.2, 0.25) is 11.8 Å². The highest BCUT2D eigenvalue weighted by Gasteiger charge is 2.28. The summed E-state index contributed by atoms with van der Waals surface area (Å²) in [5.74, 6) is 0.671. The predicted molar refractivity (Wildman–Crippen MR) is 120 cm³/mol. The van der Waals surface area contributed by atoms with E-state index in [1.165, 1.54) is 5.56 Å². The van der Waals surface area contributed by atoms with Crippen LogP contribution in [0.1, 0.15) is 49.8 Å². The van der Waals surface area contributed by atoms with E-state index in [1.807, 2.05) is 45.0 Å². The summed E-state index contributed by atoms with van der Waals surface area (Å²) < 4.78 is 5.22. The van der Waals surface area contributed by atoms with Gasteiger partial charge in [-0.2, -0.15) is 0 Å². The molecule has 2 rings (SSSR count). The molecule has 2 aromatic rings. The first-order valence-corrected chi connectivity index (χ1v) is 10.7. The molecule has 1 N–H and O–H groups in total. The Kier molecular flexibility index (Phi) is 9.39. The highest BCUT2D eigenvalue weighted by Crippen LogP contribution is 2.18. The molecular weight excluding hydrogens is 376 g/mol. The average molecular weight is 411 g/mol. The summed E-state index contributed by atoms with van der Waals surface area (Å²) in [6.45, 7) is 7.03. The lowest BCUT2D eigenvalue weighted by Crippen LogP contribution is -2.49. The van der Waals surface area contributed by atoms with Crippen molar-refractivity contribution in [1.29, 1.82) is 0 Å². The van der Waals surface area contributed by atoms with E-state index in [2.05, 4.69) is 29.6 Å². The number of nitrogens with zero attached hydrogens (tertiary/aromatic N) is 1. The third-order valence-corrected chi connectivity index (χ3v) is 5.20. The van der Waals surface area contributed by atoms with Crippen molar-refractivity contribution in [2.24, 2.45) is 0 Å². The third kappa shape index (κ3) is 6.90. The van der Waals surface area contributed by atoms with Crippen LogP contribution in [-0.4, -0.2) is 36.4 Å². The molecule has 162 valence electrons. The number of nitrogens with one attached hydrogen (secondary N) is 1. The van der Waals surface area contributed by atoms with Crippen LogP contribution >= 0.6 is 0 Å². The molecule has 0 fully saturated rings. The van der Waals surface area contributed by atoms with Gasteiger partial charge in [-0.25, -0.2) is 0 Å². The van der Waals surface area contributed by atoms with E-state index in [1.54, 1.807) is 12.0 Å². The van der Waals surface area contributed by atoms with Crippen molar-refractivity contribution in [3.63, 3.8) is 0 Å². The van der Waals surface area contributed by atoms with Gasteiger partial charge in [0, 0.05) is 19.5 Å². The van der Waals surface area contributed by atoms with Gasteiger partial charge in [-0.15, -0.1) is 0 Å². The van der Waals surface area contributed by atoms with E-state index in [-0.39, 0.29) is 11.8 Å². The monoisotopic (exact) mass is 410 g/mol. The molecule has 0 saturated heterocycles. The number of carbonyl (C=O) groups is 2. The van der Waals surface area contributed by atoms with Crippen molar-refractivity contribution in [2.75, 3.05) is 13.7 Å².